The Morgan fingerprint density at radius 1 is 1.26 bits per heavy atom. The molecule has 0 bridgehead atoms. The average Bonchev–Trinajstić information content (AvgIpc) is 3.22. The van der Waals surface area contributed by atoms with E-state index in [-0.39, 0.29) is 41.8 Å². The van der Waals surface area contributed by atoms with Gasteiger partial charge in [0.1, 0.15) is 0 Å². The summed E-state index contributed by atoms with van der Waals surface area (Å²) in [4.78, 5) is 27.3. The first-order chi connectivity index (χ1) is 12.8. The zero-order valence-corrected chi connectivity index (χ0v) is 17.2. The van der Waals surface area contributed by atoms with Gasteiger partial charge in [-0.1, -0.05) is 12.5 Å². The summed E-state index contributed by atoms with van der Waals surface area (Å²) in [5, 5.41) is 7.65. The van der Waals surface area contributed by atoms with Crippen LogP contribution in [0.4, 0.5) is 0 Å². The van der Waals surface area contributed by atoms with Gasteiger partial charge in [-0.25, -0.2) is 8.42 Å². The van der Waals surface area contributed by atoms with Crippen LogP contribution in [-0.4, -0.2) is 61.8 Å². The Morgan fingerprint density at radius 3 is 2.63 bits per heavy atom. The topological polar surface area (TPSA) is 95.6 Å². The Kier molecular flexibility index (Phi) is 6.54. The van der Waals surface area contributed by atoms with Crippen molar-refractivity contribution < 1.29 is 18.0 Å². The fourth-order valence-corrected chi connectivity index (χ4v) is 6.72. The molecule has 27 heavy (non-hydrogen) atoms. The van der Waals surface area contributed by atoms with Crippen LogP contribution in [0.5, 0.6) is 0 Å². The molecule has 2 aliphatic rings. The number of carbonyl (C=O) groups is 2. The summed E-state index contributed by atoms with van der Waals surface area (Å²) < 4.78 is 24.4. The van der Waals surface area contributed by atoms with Crippen LogP contribution in [0, 0.1) is 0 Å². The summed E-state index contributed by atoms with van der Waals surface area (Å²) in [6, 6.07) is 2.83. The Balaban J connectivity index is 1.66. The summed E-state index contributed by atoms with van der Waals surface area (Å²) in [7, 11) is -3.15. The monoisotopic (exact) mass is 413 g/mol. The second-order valence-electron chi connectivity index (χ2n) is 7.39. The molecule has 2 aliphatic heterocycles. The zero-order chi connectivity index (χ0) is 19.4. The van der Waals surface area contributed by atoms with Gasteiger partial charge >= 0.3 is 0 Å². The Morgan fingerprint density at radius 2 is 2.00 bits per heavy atom. The maximum absolute atomic E-state index is 12.7. The molecule has 3 rings (SSSR count). The van der Waals surface area contributed by atoms with E-state index in [1.807, 2.05) is 17.5 Å². The van der Waals surface area contributed by atoms with Crippen LogP contribution in [0.1, 0.15) is 43.5 Å². The predicted octanol–water partition coefficient (Wildman–Crippen LogP) is 1.08. The molecule has 3 heterocycles. The normalized spacial score (nSPS) is 26.4. The molecule has 1 aromatic rings. The van der Waals surface area contributed by atoms with Gasteiger partial charge in [-0.2, -0.15) is 0 Å². The Hall–Kier alpha value is -1.45. The lowest BCUT2D eigenvalue weighted by Crippen LogP contribution is -2.52. The predicted molar refractivity (Wildman–Crippen MR) is 105 cm³/mol. The number of thiophene rings is 1. The van der Waals surface area contributed by atoms with E-state index in [2.05, 4.69) is 15.5 Å². The van der Waals surface area contributed by atoms with Crippen molar-refractivity contribution in [3.05, 3.63) is 22.4 Å². The molecule has 3 atom stereocenters. The van der Waals surface area contributed by atoms with E-state index in [0.717, 1.165) is 30.8 Å². The lowest BCUT2D eigenvalue weighted by atomic mass is 10.0. The van der Waals surface area contributed by atoms with Gasteiger partial charge < -0.3 is 10.6 Å². The van der Waals surface area contributed by atoms with E-state index in [0.29, 0.717) is 0 Å². The Bertz CT molecular complexity index is 758. The van der Waals surface area contributed by atoms with Gasteiger partial charge in [0.15, 0.2) is 9.84 Å². The van der Waals surface area contributed by atoms with Crippen molar-refractivity contribution in [2.45, 2.75) is 50.7 Å². The minimum Gasteiger partial charge on any atom is -0.351 e. The van der Waals surface area contributed by atoms with E-state index in [4.69, 9.17) is 0 Å². The van der Waals surface area contributed by atoms with E-state index in [9.17, 15) is 18.0 Å². The molecule has 0 spiro atoms. The number of nitrogens with zero attached hydrogens (tertiary/aromatic N) is 1. The summed E-state index contributed by atoms with van der Waals surface area (Å²) in [5.74, 6) is -0.330. The van der Waals surface area contributed by atoms with Crippen molar-refractivity contribution in [3.63, 3.8) is 0 Å². The lowest BCUT2D eigenvalue weighted by molar-refractivity contribution is -0.123. The van der Waals surface area contributed by atoms with Crippen molar-refractivity contribution in [3.8, 4) is 0 Å². The number of piperidine rings is 1. The van der Waals surface area contributed by atoms with Gasteiger partial charge in [0, 0.05) is 17.8 Å². The lowest BCUT2D eigenvalue weighted by Gasteiger charge is -2.35. The number of hydrogen-bond acceptors (Lipinski definition) is 6. The highest BCUT2D eigenvalue weighted by Gasteiger charge is 2.42. The number of carbonyl (C=O) groups excluding carboxylic acids is 2. The van der Waals surface area contributed by atoms with E-state index < -0.39 is 15.9 Å². The molecule has 0 saturated carbocycles. The van der Waals surface area contributed by atoms with Crippen LogP contribution in [-0.2, 0) is 19.4 Å². The number of amides is 2. The minimum absolute atomic E-state index is 0.0102. The summed E-state index contributed by atoms with van der Waals surface area (Å²) in [5.41, 5.74) is 0. The van der Waals surface area contributed by atoms with Gasteiger partial charge in [-0.3, -0.25) is 14.5 Å². The van der Waals surface area contributed by atoms with Gasteiger partial charge in [0.25, 0.3) is 0 Å². The molecular formula is C18H27N3O4S2. The molecule has 2 amide bonds. The number of hydrogen-bond donors (Lipinski definition) is 2. The van der Waals surface area contributed by atoms with Crippen LogP contribution in [0.2, 0.25) is 0 Å². The van der Waals surface area contributed by atoms with Crippen molar-refractivity contribution in [2.75, 3.05) is 24.6 Å². The zero-order valence-electron chi connectivity index (χ0n) is 15.5. The van der Waals surface area contributed by atoms with Gasteiger partial charge in [-0.15, -0.1) is 11.3 Å². The SMILES string of the molecule is CC(=O)NC(CC(=O)NC1CS(=O)(=O)CC1N1CCCCC1)c1cccs1. The van der Waals surface area contributed by atoms with Crippen LogP contribution < -0.4 is 10.6 Å². The Labute approximate surface area is 164 Å². The van der Waals surface area contributed by atoms with E-state index in [1.165, 1.54) is 24.7 Å². The average molecular weight is 414 g/mol. The fraction of sp³-hybridized carbons (Fsp3) is 0.667. The minimum atomic E-state index is -3.15. The van der Waals surface area contributed by atoms with Crippen LogP contribution in [0.15, 0.2) is 17.5 Å². The van der Waals surface area contributed by atoms with Crippen LogP contribution in [0.3, 0.4) is 0 Å². The number of nitrogens with one attached hydrogen (secondary N) is 2. The highest BCUT2D eigenvalue weighted by molar-refractivity contribution is 7.91. The first-order valence-electron chi connectivity index (χ1n) is 9.38. The molecule has 1 aromatic heterocycles. The van der Waals surface area contributed by atoms with Crippen molar-refractivity contribution >= 4 is 33.0 Å². The molecule has 9 heteroatoms. The molecule has 2 N–H and O–H groups in total. The summed E-state index contributed by atoms with van der Waals surface area (Å²) in [6.45, 7) is 3.20. The van der Waals surface area contributed by atoms with Crippen molar-refractivity contribution in [1.82, 2.24) is 15.5 Å². The second kappa shape index (κ2) is 8.70. The first kappa shape index (κ1) is 20.3. The fourth-order valence-electron chi connectivity index (χ4n) is 3.99. The maximum Gasteiger partial charge on any atom is 0.222 e. The third-order valence-corrected chi connectivity index (χ3v) is 7.88. The molecule has 7 nitrogen and oxygen atoms in total. The molecule has 3 unspecified atom stereocenters. The molecule has 0 radical (unpaired) electrons. The summed E-state index contributed by atoms with van der Waals surface area (Å²) in [6.07, 6.45) is 3.41. The van der Waals surface area contributed by atoms with Gasteiger partial charge in [-0.05, 0) is 37.4 Å². The van der Waals surface area contributed by atoms with Gasteiger partial charge in [0.2, 0.25) is 11.8 Å². The molecule has 2 fully saturated rings. The second-order valence-corrected chi connectivity index (χ2v) is 10.5. The van der Waals surface area contributed by atoms with Gasteiger partial charge in [0.05, 0.1) is 30.0 Å². The van der Waals surface area contributed by atoms with E-state index >= 15 is 0 Å². The number of sulfone groups is 1. The third-order valence-electron chi connectivity index (χ3n) is 5.18. The van der Waals surface area contributed by atoms with Crippen LogP contribution >= 0.6 is 11.3 Å². The largest absolute Gasteiger partial charge is 0.351 e. The van der Waals surface area contributed by atoms with Crippen LogP contribution in [0.25, 0.3) is 0 Å². The standard InChI is InChI=1S/C18H27N3O4S2/c1-13(22)19-14(17-6-5-9-26-17)10-18(23)20-15-11-27(24,25)12-16(15)21-7-3-2-4-8-21/h5-6,9,14-16H,2-4,7-8,10-12H2,1H3,(H,19,22)(H,20,23). The van der Waals surface area contributed by atoms with Crippen molar-refractivity contribution in [1.29, 1.82) is 0 Å². The highest BCUT2D eigenvalue weighted by Crippen LogP contribution is 2.24. The smallest absolute Gasteiger partial charge is 0.222 e. The third kappa shape index (κ3) is 5.52. The first-order valence-corrected chi connectivity index (χ1v) is 12.1. The summed E-state index contributed by atoms with van der Waals surface area (Å²) >= 11 is 1.48. The molecule has 0 aliphatic carbocycles. The molecular weight excluding hydrogens is 386 g/mol. The van der Waals surface area contributed by atoms with Crippen molar-refractivity contribution in [2.24, 2.45) is 0 Å². The van der Waals surface area contributed by atoms with E-state index in [1.54, 1.807) is 0 Å². The molecule has 150 valence electrons. The molecule has 0 aromatic carbocycles. The molecule has 2 saturated heterocycles. The quantitative estimate of drug-likeness (QED) is 0.728. The highest BCUT2D eigenvalue weighted by atomic mass is 32.2. The maximum atomic E-state index is 12.7. The number of likely N-dealkylation sites (tertiary alicyclic amines) is 1. The number of rotatable bonds is 6.